The highest BCUT2D eigenvalue weighted by atomic mass is 16.4. The normalized spacial score (nSPS) is 18.9. The van der Waals surface area contributed by atoms with E-state index in [1.165, 1.54) is 47.1 Å². The third kappa shape index (κ3) is 5.61. The molecule has 1 saturated heterocycles. The fourth-order valence-corrected chi connectivity index (χ4v) is 4.77. The Bertz CT molecular complexity index is 1010. The number of benzene rings is 2. The molecule has 0 aromatic heterocycles. The van der Waals surface area contributed by atoms with Gasteiger partial charge in [-0.2, -0.15) is 0 Å². The van der Waals surface area contributed by atoms with Crippen molar-refractivity contribution in [1.82, 2.24) is 4.90 Å². The maximum atomic E-state index is 10.4. The number of amides is 1. The maximum absolute atomic E-state index is 10.4. The van der Waals surface area contributed by atoms with Crippen molar-refractivity contribution in [3.8, 4) is 11.1 Å². The Morgan fingerprint density at radius 3 is 2.32 bits per heavy atom. The van der Waals surface area contributed by atoms with Gasteiger partial charge in [-0.1, -0.05) is 49.4 Å². The number of hydrogen-bond donors (Lipinski definition) is 2. The van der Waals surface area contributed by atoms with Gasteiger partial charge in [0.1, 0.15) is 5.78 Å². The first kappa shape index (κ1) is 22.8. The van der Waals surface area contributed by atoms with Crippen LogP contribution in [0.3, 0.4) is 0 Å². The van der Waals surface area contributed by atoms with Crippen molar-refractivity contribution in [1.29, 1.82) is 0 Å². The number of ketones is 1. The van der Waals surface area contributed by atoms with Crippen LogP contribution in [0.1, 0.15) is 42.5 Å². The summed E-state index contributed by atoms with van der Waals surface area (Å²) in [4.78, 5) is 21.2. The largest absolute Gasteiger partial charge is 0.465 e. The van der Waals surface area contributed by atoms with Crippen molar-refractivity contribution in [2.75, 3.05) is 20.1 Å². The van der Waals surface area contributed by atoms with Gasteiger partial charge in [-0.05, 0) is 78.1 Å². The number of aryl methyl sites for hydroxylation is 1. The molecule has 2 aromatic carbocycles. The molecule has 164 valence electrons. The zero-order valence-corrected chi connectivity index (χ0v) is 18.6. The number of likely N-dealkylation sites (N-methyl/N-ethyl adjacent to an activating group) is 1. The molecule has 2 aromatic rings. The summed E-state index contributed by atoms with van der Waals surface area (Å²) >= 11 is 0. The molecular weight excluding hydrogens is 388 g/mol. The van der Waals surface area contributed by atoms with E-state index in [1.54, 1.807) is 11.1 Å². The number of rotatable bonds is 0. The third-order valence-corrected chi connectivity index (χ3v) is 6.09. The van der Waals surface area contributed by atoms with E-state index in [2.05, 4.69) is 62.1 Å². The van der Waals surface area contributed by atoms with Gasteiger partial charge >= 0.3 is 6.09 Å². The first-order valence-electron chi connectivity index (χ1n) is 10.9. The van der Waals surface area contributed by atoms with Crippen LogP contribution < -0.4 is 5.73 Å². The monoisotopic (exact) mass is 420 g/mol. The van der Waals surface area contributed by atoms with Crippen molar-refractivity contribution in [3.05, 3.63) is 64.7 Å². The number of hydrogen-bond acceptors (Lipinski definition) is 3. The van der Waals surface area contributed by atoms with Crippen LogP contribution in [-0.4, -0.2) is 42.0 Å². The van der Waals surface area contributed by atoms with Crippen molar-refractivity contribution in [2.45, 2.75) is 39.5 Å². The summed E-state index contributed by atoms with van der Waals surface area (Å²) in [7, 11) is 1.96. The molecule has 5 nitrogen and oxygen atoms in total. The lowest BCUT2D eigenvalue weighted by molar-refractivity contribution is -0.116. The molecule has 5 rings (SSSR count). The second-order valence-corrected chi connectivity index (χ2v) is 8.67. The highest BCUT2D eigenvalue weighted by molar-refractivity contribution is 5.82. The lowest BCUT2D eigenvalue weighted by Crippen LogP contribution is -2.14. The summed E-state index contributed by atoms with van der Waals surface area (Å²) in [6.45, 7) is 6.22. The third-order valence-electron chi connectivity index (χ3n) is 6.09. The molecular formula is C26H32N2O3. The van der Waals surface area contributed by atoms with E-state index in [0.29, 0.717) is 18.2 Å². The summed E-state index contributed by atoms with van der Waals surface area (Å²) in [5.74, 6) is 1.05. The molecule has 1 amide bonds. The van der Waals surface area contributed by atoms with Crippen LogP contribution in [0.5, 0.6) is 0 Å². The molecule has 31 heavy (non-hydrogen) atoms. The van der Waals surface area contributed by atoms with E-state index < -0.39 is 6.09 Å². The number of allylic oxidation sites excluding steroid dienone is 2. The number of likely N-dealkylation sites (tertiary alicyclic amines) is 1. The average molecular weight is 421 g/mol. The Morgan fingerprint density at radius 2 is 1.71 bits per heavy atom. The zero-order valence-electron chi connectivity index (χ0n) is 18.6. The van der Waals surface area contributed by atoms with Gasteiger partial charge in [-0.15, -0.1) is 0 Å². The van der Waals surface area contributed by atoms with Crippen molar-refractivity contribution in [3.63, 3.8) is 0 Å². The fourth-order valence-electron chi connectivity index (χ4n) is 4.77. The number of nitrogens with two attached hydrogens (primary N) is 1. The average Bonchev–Trinajstić information content (AvgIpc) is 3.10. The van der Waals surface area contributed by atoms with Gasteiger partial charge in [-0.25, -0.2) is 4.79 Å². The predicted octanol–water partition coefficient (Wildman–Crippen LogP) is 4.56. The highest BCUT2D eigenvalue weighted by Crippen LogP contribution is 2.40. The van der Waals surface area contributed by atoms with Gasteiger partial charge in [0, 0.05) is 13.0 Å². The lowest BCUT2D eigenvalue weighted by atomic mass is 9.76. The molecule has 1 aliphatic heterocycles. The minimum atomic E-state index is -1.33. The van der Waals surface area contributed by atoms with Gasteiger partial charge in [-0.3, -0.25) is 9.69 Å². The predicted molar refractivity (Wildman–Crippen MR) is 125 cm³/mol. The molecule has 0 spiro atoms. The van der Waals surface area contributed by atoms with Crippen molar-refractivity contribution in [2.24, 2.45) is 11.7 Å². The van der Waals surface area contributed by atoms with Gasteiger partial charge in [0.2, 0.25) is 0 Å². The van der Waals surface area contributed by atoms with Gasteiger partial charge in [0.25, 0.3) is 0 Å². The summed E-state index contributed by atoms with van der Waals surface area (Å²) in [5.41, 5.74) is 14.6. The highest BCUT2D eigenvalue weighted by Gasteiger charge is 2.23. The minimum absolute atomic E-state index is 0.377. The van der Waals surface area contributed by atoms with Crippen molar-refractivity contribution >= 4 is 17.4 Å². The Kier molecular flexibility index (Phi) is 7.29. The first-order valence-corrected chi connectivity index (χ1v) is 10.9. The van der Waals surface area contributed by atoms with E-state index in [4.69, 9.17) is 9.90 Å². The molecule has 0 radical (unpaired) electrons. The Balaban J connectivity index is 0.000000206. The molecule has 3 N–H and O–H groups in total. The number of Topliss-reactive ketones (excluding diaryl/α,β-unsaturated/α-hetero) is 1. The summed E-state index contributed by atoms with van der Waals surface area (Å²) < 4.78 is 0. The number of carbonyl (C=O) groups is 2. The van der Waals surface area contributed by atoms with E-state index >= 15 is 0 Å². The zero-order chi connectivity index (χ0) is 22.5. The van der Waals surface area contributed by atoms with E-state index in [-0.39, 0.29) is 0 Å². The van der Waals surface area contributed by atoms with Gasteiger partial charge < -0.3 is 10.8 Å². The Hall–Kier alpha value is -2.92. The van der Waals surface area contributed by atoms with E-state index in [0.717, 1.165) is 13.0 Å². The Morgan fingerprint density at radius 1 is 1.03 bits per heavy atom. The number of carbonyl (C=O) groups excluding carboxylic acids is 1. The van der Waals surface area contributed by atoms with E-state index in [1.807, 2.05) is 11.9 Å². The topological polar surface area (TPSA) is 83.6 Å². The molecule has 2 aliphatic carbocycles. The maximum Gasteiger partial charge on any atom is 0.402 e. The second-order valence-electron chi connectivity index (χ2n) is 8.67. The quantitative estimate of drug-likeness (QED) is 0.654. The fraction of sp³-hybridized carbons (Fsp3) is 0.385. The molecule has 1 heterocycles. The van der Waals surface area contributed by atoms with Crippen molar-refractivity contribution < 1.29 is 14.7 Å². The van der Waals surface area contributed by atoms with Gasteiger partial charge in [0.15, 0.2) is 0 Å². The number of nitrogens with zero attached hydrogens (tertiary/aromatic N) is 1. The van der Waals surface area contributed by atoms with Gasteiger partial charge in [0.05, 0.1) is 6.54 Å². The minimum Gasteiger partial charge on any atom is -0.465 e. The lowest BCUT2D eigenvalue weighted by Gasteiger charge is -2.28. The van der Waals surface area contributed by atoms with Crippen LogP contribution in [0.4, 0.5) is 4.79 Å². The molecule has 3 aliphatic rings. The first-order chi connectivity index (χ1) is 14.8. The Labute approximate surface area is 184 Å². The summed E-state index contributed by atoms with van der Waals surface area (Å²) in [5, 5.41) is 7.19. The van der Waals surface area contributed by atoms with Crippen LogP contribution >= 0.6 is 0 Å². The number of carboxylic acid groups (broad SMARTS) is 1. The molecule has 1 fully saturated rings. The van der Waals surface area contributed by atoms with E-state index in [9.17, 15) is 4.79 Å². The van der Waals surface area contributed by atoms with Crippen LogP contribution in [-0.2, 0) is 24.1 Å². The summed E-state index contributed by atoms with van der Waals surface area (Å²) in [6, 6.07) is 13.6. The molecule has 0 saturated carbocycles. The molecule has 0 bridgehead atoms. The van der Waals surface area contributed by atoms with Crippen LogP contribution in [0.15, 0.2) is 42.5 Å². The molecule has 5 heteroatoms. The summed E-state index contributed by atoms with van der Waals surface area (Å²) in [6.07, 6.45) is 5.45. The number of primary amides is 1. The molecule has 1 atom stereocenters. The smallest absolute Gasteiger partial charge is 0.402 e. The van der Waals surface area contributed by atoms with Crippen LogP contribution in [0.25, 0.3) is 16.7 Å². The van der Waals surface area contributed by atoms with Crippen LogP contribution in [0.2, 0.25) is 0 Å². The number of fused-ring (bicyclic) bond motifs is 5. The standard InChI is InChI=1S/C20H20.C5H9NO.CH3NO2/c1-13-11-14(2)16-9-10-18-17-6-4-3-5-15(17)7-8-19(18)20(16)12-13;1-6-3-2-5(7)4-6;2-1(3)4/h3-6,9-11,13H,7-8,12H2,1-2H3;2-4H2,1H3;2H2,(H,3,4). The van der Waals surface area contributed by atoms with Crippen LogP contribution in [0, 0.1) is 5.92 Å². The SMILES string of the molecule is CC1=CC(C)Cc2c1ccc1c2CCc2ccccc2-1.CN1CCC(=O)C1.NC(=O)O. The second kappa shape index (κ2) is 9.92. The molecule has 1 unspecified atom stereocenters.